The number of benzene rings is 1. The minimum atomic E-state index is -0.333. The topological polar surface area (TPSA) is 50.9 Å². The van der Waals surface area contributed by atoms with Crippen molar-refractivity contribution in [3.05, 3.63) is 46.3 Å². The number of anilines is 3. The summed E-state index contributed by atoms with van der Waals surface area (Å²) in [6, 6.07) is 6.56. The van der Waals surface area contributed by atoms with Crippen LogP contribution in [0.5, 0.6) is 0 Å². The monoisotopic (exact) mass is 295 g/mol. The fraction of sp³-hybridized carbons (Fsp3) is 0.0833. The minimum Gasteiger partial charge on any atom is -0.396 e. The van der Waals surface area contributed by atoms with Crippen LogP contribution in [0.2, 0.25) is 0 Å². The lowest BCUT2D eigenvalue weighted by atomic mass is 10.2. The Morgan fingerprint density at radius 2 is 2.12 bits per heavy atom. The van der Waals surface area contributed by atoms with Crippen LogP contribution in [0.25, 0.3) is 0 Å². The third kappa shape index (κ3) is 2.74. The number of rotatable bonds is 2. The molecule has 0 unspecified atom stereocenters. The van der Waals surface area contributed by atoms with Gasteiger partial charge in [0.05, 0.1) is 10.2 Å². The maximum absolute atomic E-state index is 13.3. The number of aromatic nitrogens is 1. The highest BCUT2D eigenvalue weighted by Crippen LogP contribution is 2.24. The second-order valence-corrected chi connectivity index (χ2v) is 4.56. The van der Waals surface area contributed by atoms with Gasteiger partial charge in [0.1, 0.15) is 5.82 Å². The van der Waals surface area contributed by atoms with Gasteiger partial charge >= 0.3 is 0 Å². The summed E-state index contributed by atoms with van der Waals surface area (Å²) in [5.41, 5.74) is 7.93. The van der Waals surface area contributed by atoms with Gasteiger partial charge in [-0.1, -0.05) is 0 Å². The zero-order valence-electron chi connectivity index (χ0n) is 9.17. The van der Waals surface area contributed by atoms with Crippen LogP contribution in [0, 0.1) is 12.7 Å². The Bertz CT molecular complexity index is 557. The van der Waals surface area contributed by atoms with Gasteiger partial charge in [0.25, 0.3) is 0 Å². The van der Waals surface area contributed by atoms with E-state index in [0.29, 0.717) is 21.7 Å². The first-order chi connectivity index (χ1) is 8.06. The average Bonchev–Trinajstić information content (AvgIpc) is 2.27. The van der Waals surface area contributed by atoms with Crippen LogP contribution in [-0.4, -0.2) is 4.98 Å². The maximum Gasteiger partial charge on any atom is 0.153 e. The first-order valence-corrected chi connectivity index (χ1v) is 5.80. The van der Waals surface area contributed by atoms with Crippen LogP contribution >= 0.6 is 15.9 Å². The Kier molecular flexibility index (Phi) is 3.28. The Balaban J connectivity index is 2.28. The summed E-state index contributed by atoms with van der Waals surface area (Å²) in [6.45, 7) is 1.91. The van der Waals surface area contributed by atoms with Gasteiger partial charge in [0.2, 0.25) is 0 Å². The molecular weight excluding hydrogens is 285 g/mol. The molecule has 5 heteroatoms. The summed E-state index contributed by atoms with van der Waals surface area (Å²) in [5.74, 6) is 0.193. The fourth-order valence-corrected chi connectivity index (χ4v) is 1.65. The SMILES string of the molecule is Cc1cnc(Nc2ccc(Br)c(F)c2)c(N)c1. The molecule has 1 aromatic carbocycles. The number of hydrogen-bond donors (Lipinski definition) is 2. The van der Waals surface area contributed by atoms with Crippen LogP contribution in [0.4, 0.5) is 21.6 Å². The number of hydrogen-bond acceptors (Lipinski definition) is 3. The number of nitrogens with zero attached hydrogens (tertiary/aromatic N) is 1. The smallest absolute Gasteiger partial charge is 0.153 e. The van der Waals surface area contributed by atoms with E-state index in [1.807, 2.05) is 13.0 Å². The number of nitrogen functional groups attached to an aromatic ring is 1. The molecule has 0 radical (unpaired) electrons. The lowest BCUT2D eigenvalue weighted by Gasteiger charge is -2.09. The number of nitrogens with two attached hydrogens (primary N) is 1. The molecule has 0 saturated carbocycles. The van der Waals surface area contributed by atoms with Crippen molar-refractivity contribution >= 4 is 33.1 Å². The standard InChI is InChI=1S/C12H11BrFN3/c1-7-4-11(15)12(16-6-7)17-8-2-3-9(13)10(14)5-8/h2-6H,15H2,1H3,(H,16,17). The van der Waals surface area contributed by atoms with Crippen molar-refractivity contribution < 1.29 is 4.39 Å². The molecule has 0 atom stereocenters. The predicted molar refractivity (Wildman–Crippen MR) is 70.8 cm³/mol. The predicted octanol–water partition coefficient (Wildman–Crippen LogP) is 3.62. The summed E-state index contributed by atoms with van der Waals surface area (Å²) in [4.78, 5) is 4.15. The Morgan fingerprint density at radius 3 is 2.76 bits per heavy atom. The van der Waals surface area contributed by atoms with Crippen molar-refractivity contribution in [3.63, 3.8) is 0 Å². The van der Waals surface area contributed by atoms with Crippen molar-refractivity contribution in [2.75, 3.05) is 11.1 Å². The first-order valence-electron chi connectivity index (χ1n) is 5.00. The van der Waals surface area contributed by atoms with Gasteiger partial charge in [0, 0.05) is 11.9 Å². The quantitative estimate of drug-likeness (QED) is 0.890. The molecule has 17 heavy (non-hydrogen) atoms. The molecule has 88 valence electrons. The van der Waals surface area contributed by atoms with E-state index < -0.39 is 0 Å². The second-order valence-electron chi connectivity index (χ2n) is 3.70. The molecule has 0 spiro atoms. The van der Waals surface area contributed by atoms with Crippen molar-refractivity contribution in [1.82, 2.24) is 4.98 Å². The van der Waals surface area contributed by atoms with E-state index in [1.54, 1.807) is 18.3 Å². The highest BCUT2D eigenvalue weighted by molar-refractivity contribution is 9.10. The number of pyridine rings is 1. The lowest BCUT2D eigenvalue weighted by Crippen LogP contribution is -1.99. The minimum absolute atomic E-state index is 0.333. The van der Waals surface area contributed by atoms with E-state index in [9.17, 15) is 4.39 Å². The molecule has 0 saturated heterocycles. The highest BCUT2D eigenvalue weighted by atomic mass is 79.9. The average molecular weight is 296 g/mol. The van der Waals surface area contributed by atoms with Gasteiger partial charge in [-0.15, -0.1) is 0 Å². The van der Waals surface area contributed by atoms with Gasteiger partial charge < -0.3 is 11.1 Å². The van der Waals surface area contributed by atoms with Crippen LogP contribution < -0.4 is 11.1 Å². The summed E-state index contributed by atoms with van der Waals surface area (Å²) in [5, 5.41) is 2.97. The lowest BCUT2D eigenvalue weighted by molar-refractivity contribution is 0.622. The third-order valence-electron chi connectivity index (χ3n) is 2.24. The molecule has 3 nitrogen and oxygen atoms in total. The molecule has 0 amide bonds. The van der Waals surface area contributed by atoms with Crippen molar-refractivity contribution in [3.8, 4) is 0 Å². The molecular formula is C12H11BrFN3. The summed E-state index contributed by atoms with van der Waals surface area (Å²) < 4.78 is 13.7. The Labute approximate surface area is 107 Å². The molecule has 1 heterocycles. The molecule has 0 aliphatic heterocycles. The van der Waals surface area contributed by atoms with Gasteiger partial charge in [-0.2, -0.15) is 0 Å². The summed E-state index contributed by atoms with van der Waals surface area (Å²) in [6.07, 6.45) is 1.70. The van der Waals surface area contributed by atoms with Crippen LogP contribution in [0.1, 0.15) is 5.56 Å². The van der Waals surface area contributed by atoms with Crippen molar-refractivity contribution in [1.29, 1.82) is 0 Å². The second kappa shape index (κ2) is 4.71. The van der Waals surface area contributed by atoms with Gasteiger partial charge in [-0.3, -0.25) is 0 Å². The third-order valence-corrected chi connectivity index (χ3v) is 2.88. The molecule has 2 rings (SSSR count). The molecule has 0 aliphatic carbocycles. The summed E-state index contributed by atoms with van der Waals surface area (Å²) >= 11 is 3.10. The Hall–Kier alpha value is -1.62. The van der Waals surface area contributed by atoms with Crippen molar-refractivity contribution in [2.45, 2.75) is 6.92 Å². The highest BCUT2D eigenvalue weighted by Gasteiger charge is 2.04. The van der Waals surface area contributed by atoms with E-state index >= 15 is 0 Å². The van der Waals surface area contributed by atoms with E-state index in [-0.39, 0.29) is 5.82 Å². The first kappa shape index (κ1) is 11.9. The molecule has 0 fully saturated rings. The van der Waals surface area contributed by atoms with Gasteiger partial charge in [0.15, 0.2) is 5.82 Å². The molecule has 2 aromatic rings. The van der Waals surface area contributed by atoms with Crippen molar-refractivity contribution in [2.24, 2.45) is 0 Å². The molecule has 1 aromatic heterocycles. The molecule has 0 aliphatic rings. The van der Waals surface area contributed by atoms with Gasteiger partial charge in [-0.05, 0) is 52.7 Å². The van der Waals surface area contributed by atoms with E-state index in [1.165, 1.54) is 6.07 Å². The molecule has 0 bridgehead atoms. The molecule has 3 N–H and O–H groups in total. The van der Waals surface area contributed by atoms with Crippen LogP contribution in [-0.2, 0) is 0 Å². The van der Waals surface area contributed by atoms with Gasteiger partial charge in [-0.25, -0.2) is 9.37 Å². The fourth-order valence-electron chi connectivity index (χ4n) is 1.41. The number of nitrogens with one attached hydrogen (secondary N) is 1. The largest absolute Gasteiger partial charge is 0.396 e. The Morgan fingerprint density at radius 1 is 1.35 bits per heavy atom. The van der Waals surface area contributed by atoms with E-state index in [0.717, 1.165) is 5.56 Å². The number of aryl methyl sites for hydroxylation is 1. The maximum atomic E-state index is 13.3. The van der Waals surface area contributed by atoms with Crippen LogP contribution in [0.15, 0.2) is 34.9 Å². The van der Waals surface area contributed by atoms with Crippen LogP contribution in [0.3, 0.4) is 0 Å². The zero-order valence-corrected chi connectivity index (χ0v) is 10.8. The van der Waals surface area contributed by atoms with E-state index in [4.69, 9.17) is 5.73 Å². The zero-order chi connectivity index (χ0) is 12.4. The normalized spacial score (nSPS) is 10.3. The summed E-state index contributed by atoms with van der Waals surface area (Å²) in [7, 11) is 0. The van der Waals surface area contributed by atoms with E-state index in [2.05, 4.69) is 26.2 Å². The number of halogens is 2.